The standard InChI is InChI=1S/C24H30F24N3O6P3/c1-52-19(37,38)13(25,26)7-58(8-14(27,28)20(39,40)53-2)49-59(9-15(29,30)21(41,42)54-3,10-16(31,32)22(43,44)55-4)51-60(50-58,11-17(33,34)23(45,46)56-5)12-18(35,36)24(47,48)57-6/h7-12H2,1-6H3. The summed E-state index contributed by atoms with van der Waals surface area (Å²) in [5.41, 5.74) is 0. The van der Waals surface area contributed by atoms with Gasteiger partial charge in [-0.3, -0.25) is 0 Å². The van der Waals surface area contributed by atoms with Crippen LogP contribution in [0.1, 0.15) is 0 Å². The Labute approximate surface area is 321 Å². The molecule has 60 heavy (non-hydrogen) atoms. The average Bonchev–Trinajstić information content (AvgIpc) is 3.05. The molecule has 9 nitrogen and oxygen atoms in total. The Balaban J connectivity index is 5.37. The predicted octanol–water partition coefficient (Wildman–Crippen LogP) is 11.6. The van der Waals surface area contributed by atoms with Gasteiger partial charge in [0.2, 0.25) is 0 Å². The molecule has 1 aliphatic rings. The van der Waals surface area contributed by atoms with Crippen LogP contribution in [0.15, 0.2) is 13.5 Å². The molecule has 0 fully saturated rings. The van der Waals surface area contributed by atoms with Gasteiger partial charge in [0, 0.05) is 42.7 Å². The summed E-state index contributed by atoms with van der Waals surface area (Å²) in [6.07, 6.45) is -60.9. The van der Waals surface area contributed by atoms with Gasteiger partial charge in [0.05, 0.1) is 58.6 Å². The normalized spacial score (nSPS) is 19.1. The molecule has 1 heterocycles. The molecule has 0 aromatic heterocycles. The first-order valence-corrected chi connectivity index (χ1v) is 21.1. The Kier molecular flexibility index (Phi) is 16.4. The zero-order valence-corrected chi connectivity index (χ0v) is 33.1. The number of ether oxygens (including phenoxy) is 6. The van der Waals surface area contributed by atoms with Crippen LogP contribution in [0.5, 0.6) is 0 Å². The molecule has 0 saturated heterocycles. The number of nitrogens with zero attached hydrogens (tertiary/aromatic N) is 3. The smallest absolute Gasteiger partial charge is 0.319 e. The molecule has 0 aliphatic carbocycles. The molecule has 1 aliphatic heterocycles. The zero-order valence-electron chi connectivity index (χ0n) is 30.4. The topological polar surface area (TPSA) is 92.5 Å². The SMILES string of the molecule is COC(F)(F)C(F)(F)CP1(CC(F)(F)C(F)(F)OC)=NP(CC(F)(F)C(F)(F)OC)(CC(F)(F)C(F)(F)OC)=NP(CC(F)(F)C(F)(F)OC)(CC(F)(F)C(F)(F)OC)=N1. The minimum Gasteiger partial charge on any atom is -0.319 e. The van der Waals surface area contributed by atoms with Crippen molar-refractivity contribution in [2.45, 2.75) is 72.2 Å². The molecule has 0 amide bonds. The fraction of sp³-hybridized carbons (Fsp3) is 1.00. The third kappa shape index (κ3) is 11.3. The van der Waals surface area contributed by atoms with Gasteiger partial charge in [-0.25, -0.2) is 13.5 Å². The largest absolute Gasteiger partial charge is 0.419 e. The summed E-state index contributed by atoms with van der Waals surface area (Å²) < 4.78 is 386. The van der Waals surface area contributed by atoms with Crippen molar-refractivity contribution < 1.29 is 134 Å². The lowest BCUT2D eigenvalue weighted by atomic mass is 10.3. The second-order valence-electron chi connectivity index (χ2n) is 12.4. The maximum atomic E-state index is 15.4. The summed E-state index contributed by atoms with van der Waals surface area (Å²) in [7, 11) is -24.9. The highest BCUT2D eigenvalue weighted by Crippen LogP contribution is 2.83. The molecular weight excluding hydrogens is 975 g/mol. The van der Waals surface area contributed by atoms with E-state index in [2.05, 4.69) is 42.0 Å². The average molecular weight is 1010 g/mol. The Bertz CT molecular complexity index is 1390. The number of hydrogen-bond acceptors (Lipinski definition) is 9. The van der Waals surface area contributed by atoms with Crippen LogP contribution in [0.2, 0.25) is 0 Å². The highest BCUT2D eigenvalue weighted by molar-refractivity contribution is 7.87. The first-order chi connectivity index (χ1) is 26.2. The molecule has 0 atom stereocenters. The number of alkyl halides is 24. The first-order valence-electron chi connectivity index (χ1n) is 14.9. The van der Waals surface area contributed by atoms with Gasteiger partial charge < -0.3 is 28.4 Å². The van der Waals surface area contributed by atoms with E-state index in [0.717, 1.165) is 0 Å². The third-order valence-electron chi connectivity index (χ3n) is 7.80. The summed E-state index contributed by atoms with van der Waals surface area (Å²) in [4.78, 5) is 0. The van der Waals surface area contributed by atoms with Crippen molar-refractivity contribution in [3.63, 3.8) is 0 Å². The van der Waals surface area contributed by atoms with Gasteiger partial charge >= 0.3 is 72.2 Å². The zero-order chi connectivity index (χ0) is 48.1. The van der Waals surface area contributed by atoms with E-state index in [1.165, 1.54) is 0 Å². The molecule has 1 rings (SSSR count). The molecule has 0 spiro atoms. The highest BCUT2D eigenvalue weighted by atomic mass is 31.3. The van der Waals surface area contributed by atoms with Crippen LogP contribution in [0.3, 0.4) is 0 Å². The van der Waals surface area contributed by atoms with Crippen LogP contribution >= 0.6 is 21.6 Å². The Morgan fingerprint density at radius 2 is 0.350 bits per heavy atom. The quantitative estimate of drug-likeness (QED) is 0.0706. The molecule has 0 unspecified atom stereocenters. The number of halogens is 24. The van der Waals surface area contributed by atoms with Crippen molar-refractivity contribution in [3.8, 4) is 0 Å². The van der Waals surface area contributed by atoms with Gasteiger partial charge in [0.15, 0.2) is 0 Å². The van der Waals surface area contributed by atoms with E-state index in [1.54, 1.807) is 0 Å². The molecule has 36 heteroatoms. The van der Waals surface area contributed by atoms with Gasteiger partial charge in [0.1, 0.15) is 0 Å². The van der Waals surface area contributed by atoms with Gasteiger partial charge in [0.25, 0.3) is 0 Å². The van der Waals surface area contributed by atoms with Crippen molar-refractivity contribution in [1.29, 1.82) is 0 Å². The monoisotopic (exact) mass is 1010 g/mol. The molecule has 0 aromatic rings. The van der Waals surface area contributed by atoms with Crippen LogP contribution in [-0.4, -0.2) is 152 Å². The Hall–Kier alpha value is -1.23. The maximum absolute atomic E-state index is 15.4. The molecule has 0 aromatic carbocycles. The number of rotatable bonds is 24. The van der Waals surface area contributed by atoms with E-state index in [1.807, 2.05) is 0 Å². The predicted molar refractivity (Wildman–Crippen MR) is 159 cm³/mol. The van der Waals surface area contributed by atoms with Crippen LogP contribution in [0.4, 0.5) is 105 Å². The molecule has 0 radical (unpaired) electrons. The van der Waals surface area contributed by atoms with Gasteiger partial charge in [-0.15, -0.1) is 0 Å². The van der Waals surface area contributed by atoms with Crippen molar-refractivity contribution in [2.24, 2.45) is 13.5 Å². The lowest BCUT2D eigenvalue weighted by Crippen LogP contribution is -2.50. The highest BCUT2D eigenvalue weighted by Gasteiger charge is 2.71. The second kappa shape index (κ2) is 17.3. The second-order valence-corrected chi connectivity index (χ2v) is 21.7. The van der Waals surface area contributed by atoms with Crippen molar-refractivity contribution in [3.05, 3.63) is 0 Å². The van der Waals surface area contributed by atoms with Gasteiger partial charge in [-0.2, -0.15) is 105 Å². The fourth-order valence-electron chi connectivity index (χ4n) is 4.89. The third-order valence-corrected chi connectivity index (χ3v) is 21.2. The number of hydrogen-bond donors (Lipinski definition) is 0. The van der Waals surface area contributed by atoms with E-state index in [-0.39, 0.29) is 42.7 Å². The van der Waals surface area contributed by atoms with E-state index in [9.17, 15) is 52.7 Å². The van der Waals surface area contributed by atoms with Crippen LogP contribution in [0.25, 0.3) is 0 Å². The van der Waals surface area contributed by atoms with E-state index >= 15 is 52.7 Å². The van der Waals surface area contributed by atoms with E-state index in [0.29, 0.717) is 0 Å². The molecular formula is C24H30F24N3O6P3. The molecule has 360 valence electrons. The summed E-state index contributed by atoms with van der Waals surface area (Å²) in [6.45, 7) is 0. The van der Waals surface area contributed by atoms with Crippen molar-refractivity contribution >= 4 is 21.6 Å². The first kappa shape index (κ1) is 56.8. The minimum atomic E-state index is -7.52. The Morgan fingerprint density at radius 1 is 0.250 bits per heavy atom. The summed E-state index contributed by atoms with van der Waals surface area (Å²) >= 11 is 0. The van der Waals surface area contributed by atoms with E-state index in [4.69, 9.17) is 0 Å². The van der Waals surface area contributed by atoms with Crippen molar-refractivity contribution in [1.82, 2.24) is 0 Å². The van der Waals surface area contributed by atoms with Crippen LogP contribution in [0, 0.1) is 0 Å². The molecule has 0 N–H and O–H groups in total. The van der Waals surface area contributed by atoms with Crippen LogP contribution < -0.4 is 0 Å². The van der Waals surface area contributed by atoms with Crippen molar-refractivity contribution in [2.75, 3.05) is 79.6 Å². The Morgan fingerprint density at radius 3 is 0.433 bits per heavy atom. The molecule has 0 saturated carbocycles. The lowest BCUT2D eigenvalue weighted by Gasteiger charge is -2.44. The number of methoxy groups -OCH3 is 6. The van der Waals surface area contributed by atoms with Gasteiger partial charge in [-0.05, 0) is 0 Å². The lowest BCUT2D eigenvalue weighted by molar-refractivity contribution is -0.331. The maximum Gasteiger partial charge on any atom is 0.419 e. The van der Waals surface area contributed by atoms with Crippen LogP contribution in [-0.2, 0) is 28.4 Å². The summed E-state index contributed by atoms with van der Waals surface area (Å²) in [5.74, 6) is -39.4. The molecule has 0 bridgehead atoms. The van der Waals surface area contributed by atoms with Gasteiger partial charge in [-0.1, -0.05) is 0 Å². The summed E-state index contributed by atoms with van der Waals surface area (Å²) in [6, 6.07) is 0. The summed E-state index contributed by atoms with van der Waals surface area (Å²) in [5, 5.41) is 0. The minimum absolute atomic E-state index is 0.382. The van der Waals surface area contributed by atoms with E-state index < -0.39 is 131 Å². The fourth-order valence-corrected chi connectivity index (χ4v) is 22.0.